The van der Waals surface area contributed by atoms with Crippen LogP contribution < -0.4 is 21.7 Å². The van der Waals surface area contributed by atoms with Gasteiger partial charge in [0.15, 0.2) is 0 Å². The summed E-state index contributed by atoms with van der Waals surface area (Å²) in [6.07, 6.45) is -0.0503. The Morgan fingerprint density at radius 2 is 1.54 bits per heavy atom. The molecular weight excluding hydrogens is 466 g/mol. The summed E-state index contributed by atoms with van der Waals surface area (Å²) in [6.45, 7) is -0.715. The molecule has 1 heterocycles. The molecule has 1 aromatic carbocycles. The van der Waals surface area contributed by atoms with Gasteiger partial charge in [-0.1, -0.05) is 18.2 Å². The minimum absolute atomic E-state index is 0.115. The van der Waals surface area contributed by atoms with Crippen LogP contribution >= 0.6 is 0 Å². The van der Waals surface area contributed by atoms with E-state index in [4.69, 9.17) is 15.9 Å². The quantitative estimate of drug-likeness (QED) is 0.156. The smallest absolute Gasteiger partial charge is 0.326 e. The number of nitrogens with one attached hydrogen (secondary N) is 4. The standard InChI is InChI=1S/C21H25N5O9/c22-12(6-17(28)29)19(32)24-9-16(27)25-14(7-18(30)31)20(33)26-15(21(34)35)5-10-8-23-13-4-2-1-3-11(10)13/h1-4,8,12,14-15,23H,5-7,9,22H2,(H,24,32)(H,25,27)(H,26,33)(H,28,29)(H,30,31)(H,34,35). The molecule has 0 bridgehead atoms. The summed E-state index contributed by atoms with van der Waals surface area (Å²) in [5.74, 6) is -7.10. The van der Waals surface area contributed by atoms with E-state index in [9.17, 15) is 33.9 Å². The molecule has 9 N–H and O–H groups in total. The fourth-order valence-corrected chi connectivity index (χ4v) is 3.20. The van der Waals surface area contributed by atoms with Gasteiger partial charge >= 0.3 is 17.9 Å². The van der Waals surface area contributed by atoms with Gasteiger partial charge in [0.25, 0.3) is 0 Å². The van der Waals surface area contributed by atoms with Gasteiger partial charge in [0, 0.05) is 23.5 Å². The van der Waals surface area contributed by atoms with Crippen molar-refractivity contribution in [3.63, 3.8) is 0 Å². The molecule has 3 unspecified atom stereocenters. The highest BCUT2D eigenvalue weighted by atomic mass is 16.4. The van der Waals surface area contributed by atoms with Crippen molar-refractivity contribution in [2.24, 2.45) is 5.73 Å². The third-order valence-electron chi connectivity index (χ3n) is 4.90. The zero-order valence-electron chi connectivity index (χ0n) is 18.3. The largest absolute Gasteiger partial charge is 0.481 e. The highest BCUT2D eigenvalue weighted by molar-refractivity contribution is 5.95. The number of amides is 3. The van der Waals surface area contributed by atoms with E-state index in [-0.39, 0.29) is 6.42 Å². The normalized spacial score (nSPS) is 13.3. The molecule has 3 amide bonds. The molecule has 0 aliphatic rings. The van der Waals surface area contributed by atoms with Crippen LogP contribution in [0.5, 0.6) is 0 Å². The predicted octanol–water partition coefficient (Wildman–Crippen LogP) is -1.84. The van der Waals surface area contributed by atoms with E-state index in [0.717, 1.165) is 10.9 Å². The van der Waals surface area contributed by atoms with Crippen molar-refractivity contribution < 1.29 is 44.1 Å². The first-order valence-corrected chi connectivity index (χ1v) is 10.3. The van der Waals surface area contributed by atoms with Crippen molar-refractivity contribution in [1.82, 2.24) is 20.9 Å². The molecule has 0 fully saturated rings. The first-order chi connectivity index (χ1) is 16.5. The van der Waals surface area contributed by atoms with E-state index in [1.165, 1.54) is 0 Å². The third-order valence-corrected chi connectivity index (χ3v) is 4.90. The predicted molar refractivity (Wildman–Crippen MR) is 119 cm³/mol. The molecule has 3 atom stereocenters. The Hall–Kier alpha value is -4.46. The van der Waals surface area contributed by atoms with E-state index in [0.29, 0.717) is 5.56 Å². The molecule has 0 aliphatic heterocycles. The Morgan fingerprint density at radius 3 is 2.17 bits per heavy atom. The maximum Gasteiger partial charge on any atom is 0.326 e. The van der Waals surface area contributed by atoms with Crippen LogP contribution in [0.2, 0.25) is 0 Å². The second-order valence-corrected chi connectivity index (χ2v) is 7.60. The van der Waals surface area contributed by atoms with Gasteiger partial charge in [-0.3, -0.25) is 24.0 Å². The number of fused-ring (bicyclic) bond motifs is 1. The zero-order chi connectivity index (χ0) is 26.1. The molecular formula is C21H25N5O9. The lowest BCUT2D eigenvalue weighted by atomic mass is 10.0. The molecule has 188 valence electrons. The number of carbonyl (C=O) groups is 6. The highest BCUT2D eigenvalue weighted by Gasteiger charge is 2.29. The summed E-state index contributed by atoms with van der Waals surface area (Å²) >= 11 is 0. The van der Waals surface area contributed by atoms with Crippen molar-refractivity contribution in [2.75, 3.05) is 6.54 Å². The second-order valence-electron chi connectivity index (χ2n) is 7.60. The SMILES string of the molecule is NC(CC(=O)O)C(=O)NCC(=O)NC(CC(=O)O)C(=O)NC(Cc1c[nH]c2ccccc12)C(=O)O. The average molecular weight is 491 g/mol. The Balaban J connectivity index is 2.03. The molecule has 35 heavy (non-hydrogen) atoms. The minimum atomic E-state index is -1.64. The van der Waals surface area contributed by atoms with E-state index >= 15 is 0 Å². The van der Waals surface area contributed by atoms with Crippen LogP contribution in [0.1, 0.15) is 18.4 Å². The molecule has 0 saturated heterocycles. The van der Waals surface area contributed by atoms with E-state index in [2.05, 4.69) is 20.9 Å². The number of carboxylic acid groups (broad SMARTS) is 3. The van der Waals surface area contributed by atoms with Crippen molar-refractivity contribution >= 4 is 46.5 Å². The first kappa shape index (κ1) is 26.8. The zero-order valence-corrected chi connectivity index (χ0v) is 18.3. The molecule has 14 heteroatoms. The van der Waals surface area contributed by atoms with Crippen LogP contribution in [0.15, 0.2) is 30.5 Å². The lowest BCUT2D eigenvalue weighted by Crippen LogP contribution is -2.54. The van der Waals surface area contributed by atoms with Crippen molar-refractivity contribution in [1.29, 1.82) is 0 Å². The van der Waals surface area contributed by atoms with Crippen LogP contribution in [0.4, 0.5) is 0 Å². The number of hydrogen-bond donors (Lipinski definition) is 8. The number of carboxylic acids is 3. The minimum Gasteiger partial charge on any atom is -0.481 e. The summed E-state index contributed by atoms with van der Waals surface area (Å²) in [4.78, 5) is 73.0. The van der Waals surface area contributed by atoms with Gasteiger partial charge in [0.2, 0.25) is 17.7 Å². The lowest BCUT2D eigenvalue weighted by Gasteiger charge is -2.20. The number of nitrogens with two attached hydrogens (primary N) is 1. The number of H-pyrrole nitrogens is 1. The van der Waals surface area contributed by atoms with Crippen LogP contribution in [-0.2, 0) is 35.2 Å². The maximum absolute atomic E-state index is 12.7. The molecule has 0 saturated carbocycles. The van der Waals surface area contributed by atoms with Crippen LogP contribution in [0.25, 0.3) is 10.9 Å². The summed E-state index contributed by atoms with van der Waals surface area (Å²) < 4.78 is 0. The summed E-state index contributed by atoms with van der Waals surface area (Å²) in [6, 6.07) is 2.63. The first-order valence-electron chi connectivity index (χ1n) is 10.3. The van der Waals surface area contributed by atoms with E-state index < -0.39 is 73.1 Å². The molecule has 2 rings (SSSR count). The van der Waals surface area contributed by atoms with Crippen LogP contribution in [-0.4, -0.2) is 80.6 Å². The van der Waals surface area contributed by atoms with Gasteiger partial charge in [0.05, 0.1) is 25.4 Å². The van der Waals surface area contributed by atoms with E-state index in [1.54, 1.807) is 30.5 Å². The third kappa shape index (κ3) is 8.12. The molecule has 2 aromatic rings. The maximum atomic E-state index is 12.7. The number of hydrogen-bond acceptors (Lipinski definition) is 7. The molecule has 0 aliphatic carbocycles. The number of aromatic nitrogens is 1. The van der Waals surface area contributed by atoms with Gasteiger partial charge in [-0.25, -0.2) is 4.79 Å². The summed E-state index contributed by atoms with van der Waals surface area (Å²) in [5.41, 5.74) is 6.74. The van der Waals surface area contributed by atoms with Gasteiger partial charge in [-0.2, -0.15) is 0 Å². The van der Waals surface area contributed by atoms with Gasteiger partial charge in [-0.15, -0.1) is 0 Å². The fourth-order valence-electron chi connectivity index (χ4n) is 3.20. The molecule has 1 aromatic heterocycles. The Kier molecular flexibility index (Phi) is 9.28. The van der Waals surface area contributed by atoms with Crippen LogP contribution in [0, 0.1) is 0 Å². The van der Waals surface area contributed by atoms with Crippen molar-refractivity contribution in [2.45, 2.75) is 37.4 Å². The monoisotopic (exact) mass is 491 g/mol. The second kappa shape index (κ2) is 12.1. The van der Waals surface area contributed by atoms with Gasteiger partial charge in [0.1, 0.15) is 12.1 Å². The fraction of sp³-hybridized carbons (Fsp3) is 0.333. The molecule has 14 nitrogen and oxygen atoms in total. The van der Waals surface area contributed by atoms with Crippen molar-refractivity contribution in [3.8, 4) is 0 Å². The van der Waals surface area contributed by atoms with Crippen LogP contribution in [0.3, 0.4) is 0 Å². The topological polar surface area (TPSA) is 241 Å². The van der Waals surface area contributed by atoms with E-state index in [1.807, 2.05) is 0 Å². The molecule has 0 spiro atoms. The van der Waals surface area contributed by atoms with Gasteiger partial charge < -0.3 is 42.0 Å². The molecule has 0 radical (unpaired) electrons. The summed E-state index contributed by atoms with van der Waals surface area (Å²) in [5, 5.41) is 34.5. The number of benzene rings is 1. The highest BCUT2D eigenvalue weighted by Crippen LogP contribution is 2.19. The lowest BCUT2D eigenvalue weighted by molar-refractivity contribution is -0.143. The number of rotatable bonds is 13. The number of carbonyl (C=O) groups excluding carboxylic acids is 3. The Bertz CT molecular complexity index is 1130. The number of para-hydroxylation sites is 1. The number of aromatic amines is 1. The Labute approximate surface area is 197 Å². The van der Waals surface area contributed by atoms with Gasteiger partial charge in [-0.05, 0) is 11.6 Å². The average Bonchev–Trinajstić information content (AvgIpc) is 3.18. The number of aliphatic carboxylic acids is 3. The Morgan fingerprint density at radius 1 is 0.886 bits per heavy atom. The summed E-state index contributed by atoms with van der Waals surface area (Å²) in [7, 11) is 0. The van der Waals surface area contributed by atoms with Crippen molar-refractivity contribution in [3.05, 3.63) is 36.0 Å².